The highest BCUT2D eigenvalue weighted by atomic mass is 16.6. The summed E-state index contributed by atoms with van der Waals surface area (Å²) in [6.07, 6.45) is 3.96. The predicted molar refractivity (Wildman–Crippen MR) is 60.2 cm³/mol. The van der Waals surface area contributed by atoms with Gasteiger partial charge >= 0.3 is 0 Å². The Hall–Kier alpha value is -0.870. The van der Waals surface area contributed by atoms with Crippen molar-refractivity contribution in [3.8, 4) is 0 Å². The molecule has 1 heterocycles. The van der Waals surface area contributed by atoms with E-state index < -0.39 is 0 Å². The first-order valence-electron chi connectivity index (χ1n) is 5.30. The second kappa shape index (κ2) is 4.77. The summed E-state index contributed by atoms with van der Waals surface area (Å²) in [5.41, 5.74) is 1.08. The van der Waals surface area contributed by atoms with Gasteiger partial charge in [0, 0.05) is 18.2 Å². The maximum absolute atomic E-state index is 5.11. The molecule has 0 aliphatic heterocycles. The minimum Gasteiger partial charge on any atom is -0.304 e. The van der Waals surface area contributed by atoms with Crippen LogP contribution in [-0.2, 0) is 16.8 Å². The third kappa shape index (κ3) is 3.32. The molecule has 1 rings (SSSR count). The van der Waals surface area contributed by atoms with Gasteiger partial charge in [0.05, 0.1) is 12.8 Å². The molecule has 0 aliphatic rings. The summed E-state index contributed by atoms with van der Waals surface area (Å²) in [7, 11) is 0. The van der Waals surface area contributed by atoms with Crippen molar-refractivity contribution in [2.75, 3.05) is 6.61 Å². The highest BCUT2D eigenvalue weighted by molar-refractivity contribution is 5.16. The van der Waals surface area contributed by atoms with Crippen LogP contribution in [-0.4, -0.2) is 16.4 Å². The van der Waals surface area contributed by atoms with Crippen LogP contribution in [0.5, 0.6) is 0 Å². The molecule has 0 saturated carbocycles. The predicted octanol–water partition coefficient (Wildman–Crippen LogP) is 1.71. The van der Waals surface area contributed by atoms with Gasteiger partial charge in [-0.3, -0.25) is 4.68 Å². The van der Waals surface area contributed by atoms with Crippen LogP contribution in [0.4, 0.5) is 0 Å². The minimum absolute atomic E-state index is 0.0794. The van der Waals surface area contributed by atoms with E-state index in [-0.39, 0.29) is 5.41 Å². The quantitative estimate of drug-likeness (QED) is 0.754. The zero-order valence-electron chi connectivity index (χ0n) is 10.0. The molecule has 0 saturated heterocycles. The van der Waals surface area contributed by atoms with Gasteiger partial charge in [-0.25, -0.2) is 5.90 Å². The van der Waals surface area contributed by atoms with Crippen molar-refractivity contribution < 1.29 is 4.84 Å². The molecule has 1 aromatic rings. The Labute approximate surface area is 91.4 Å². The third-order valence-corrected chi connectivity index (χ3v) is 2.41. The minimum atomic E-state index is -0.0794. The molecule has 4 nitrogen and oxygen atoms in total. The first kappa shape index (κ1) is 12.2. The molecule has 1 aromatic heterocycles. The Morgan fingerprint density at radius 3 is 2.73 bits per heavy atom. The van der Waals surface area contributed by atoms with E-state index in [1.165, 1.54) is 0 Å². The zero-order chi connectivity index (χ0) is 11.5. The maximum atomic E-state index is 5.11. The van der Waals surface area contributed by atoms with Gasteiger partial charge in [0.15, 0.2) is 0 Å². The first-order chi connectivity index (χ1) is 6.95. The Kier molecular flexibility index (Phi) is 3.88. The maximum Gasteiger partial charge on any atom is 0.0771 e. The monoisotopic (exact) mass is 211 g/mol. The fourth-order valence-electron chi connectivity index (χ4n) is 1.48. The van der Waals surface area contributed by atoms with Gasteiger partial charge in [0.1, 0.15) is 0 Å². The number of hydrogen-bond acceptors (Lipinski definition) is 3. The van der Waals surface area contributed by atoms with E-state index in [1.54, 1.807) is 0 Å². The Morgan fingerprint density at radius 2 is 2.20 bits per heavy atom. The molecule has 0 aromatic carbocycles. The van der Waals surface area contributed by atoms with E-state index in [1.807, 2.05) is 10.9 Å². The number of aromatic nitrogens is 2. The van der Waals surface area contributed by atoms with E-state index in [0.717, 1.165) is 12.1 Å². The lowest BCUT2D eigenvalue weighted by atomic mass is 9.88. The molecule has 0 amide bonds. The highest BCUT2D eigenvalue weighted by Crippen LogP contribution is 2.22. The van der Waals surface area contributed by atoms with Crippen molar-refractivity contribution in [1.29, 1.82) is 0 Å². The molecule has 2 N–H and O–H groups in total. The van der Waals surface area contributed by atoms with E-state index in [4.69, 9.17) is 10.7 Å². The fraction of sp³-hybridized carbons (Fsp3) is 0.727. The van der Waals surface area contributed by atoms with Gasteiger partial charge in [-0.05, 0) is 11.5 Å². The molecule has 0 radical (unpaired) electrons. The third-order valence-electron chi connectivity index (χ3n) is 2.41. The fourth-order valence-corrected chi connectivity index (χ4v) is 1.48. The molecule has 0 fully saturated rings. The highest BCUT2D eigenvalue weighted by Gasteiger charge is 2.22. The number of hydrogen-bond donors (Lipinski definition) is 1. The molecule has 0 atom stereocenters. The molecule has 0 spiro atoms. The Morgan fingerprint density at radius 1 is 1.53 bits per heavy atom. The van der Waals surface area contributed by atoms with E-state index in [9.17, 15) is 0 Å². The lowest BCUT2D eigenvalue weighted by Crippen LogP contribution is -2.25. The van der Waals surface area contributed by atoms with Gasteiger partial charge in [-0.15, -0.1) is 0 Å². The van der Waals surface area contributed by atoms with Crippen molar-refractivity contribution in [3.63, 3.8) is 0 Å². The van der Waals surface area contributed by atoms with Crippen LogP contribution in [0.3, 0.4) is 0 Å². The van der Waals surface area contributed by atoms with Gasteiger partial charge in [-0.2, -0.15) is 5.10 Å². The summed E-state index contributed by atoms with van der Waals surface area (Å²) < 4.78 is 1.97. The summed E-state index contributed by atoms with van der Waals surface area (Å²) >= 11 is 0. The topological polar surface area (TPSA) is 53.1 Å². The molecule has 0 aliphatic carbocycles. The number of nitrogens with two attached hydrogens (primary N) is 1. The molecular weight excluding hydrogens is 190 g/mol. The van der Waals surface area contributed by atoms with Crippen molar-refractivity contribution in [2.24, 2.45) is 11.8 Å². The number of rotatable bonds is 5. The normalized spacial score (nSPS) is 12.4. The van der Waals surface area contributed by atoms with Crippen LogP contribution in [0, 0.1) is 5.92 Å². The lowest BCUT2D eigenvalue weighted by molar-refractivity contribution is 0.0964. The molecular formula is C11H21N3O. The van der Waals surface area contributed by atoms with Crippen LogP contribution < -0.4 is 5.90 Å². The van der Waals surface area contributed by atoms with Crippen LogP contribution >= 0.6 is 0 Å². The molecule has 15 heavy (non-hydrogen) atoms. The average molecular weight is 211 g/mol. The largest absolute Gasteiger partial charge is 0.304 e. The van der Waals surface area contributed by atoms with E-state index >= 15 is 0 Å². The summed E-state index contributed by atoms with van der Waals surface area (Å²) in [6, 6.07) is 0. The first-order valence-corrected chi connectivity index (χ1v) is 5.30. The second-order valence-electron chi connectivity index (χ2n) is 5.04. The van der Waals surface area contributed by atoms with Crippen molar-refractivity contribution in [3.05, 3.63) is 18.0 Å². The molecule has 4 heteroatoms. The molecule has 86 valence electrons. The van der Waals surface area contributed by atoms with Gasteiger partial charge in [0.25, 0.3) is 0 Å². The van der Waals surface area contributed by atoms with Gasteiger partial charge < -0.3 is 4.84 Å². The Balaban J connectivity index is 2.74. The van der Waals surface area contributed by atoms with Crippen molar-refractivity contribution in [2.45, 2.75) is 39.7 Å². The van der Waals surface area contributed by atoms with Crippen molar-refractivity contribution >= 4 is 0 Å². The van der Waals surface area contributed by atoms with Gasteiger partial charge in [-0.1, -0.05) is 27.7 Å². The number of nitrogens with zero attached hydrogens (tertiary/aromatic N) is 2. The second-order valence-corrected chi connectivity index (χ2v) is 5.04. The van der Waals surface area contributed by atoms with Gasteiger partial charge in [0.2, 0.25) is 0 Å². The summed E-state index contributed by atoms with van der Waals surface area (Å²) in [6.45, 7) is 9.98. The summed E-state index contributed by atoms with van der Waals surface area (Å²) in [5, 5.41) is 4.33. The van der Waals surface area contributed by atoms with Crippen LogP contribution in [0.2, 0.25) is 0 Å². The Bertz CT molecular complexity index is 305. The van der Waals surface area contributed by atoms with Crippen LogP contribution in [0.1, 0.15) is 33.3 Å². The van der Waals surface area contributed by atoms with Crippen molar-refractivity contribution in [1.82, 2.24) is 9.78 Å². The lowest BCUT2D eigenvalue weighted by Gasteiger charge is -2.21. The SMILES string of the molecule is CC(C)Cn1cc(C(C)(C)CON)cn1. The molecule has 0 unspecified atom stereocenters. The van der Waals surface area contributed by atoms with Crippen LogP contribution in [0.25, 0.3) is 0 Å². The summed E-state index contributed by atoms with van der Waals surface area (Å²) in [4.78, 5) is 4.71. The van der Waals surface area contributed by atoms with Crippen LogP contribution in [0.15, 0.2) is 12.4 Å². The average Bonchev–Trinajstić information content (AvgIpc) is 2.51. The smallest absolute Gasteiger partial charge is 0.0771 e. The molecule has 0 bridgehead atoms. The van der Waals surface area contributed by atoms with E-state index in [2.05, 4.69) is 39.0 Å². The standard InChI is InChI=1S/C11H21N3O/c1-9(2)6-14-7-10(5-13-14)11(3,4)8-15-12/h5,7,9H,6,8,12H2,1-4H3. The summed E-state index contributed by atoms with van der Waals surface area (Å²) in [5.74, 6) is 5.72. The van der Waals surface area contributed by atoms with E-state index in [0.29, 0.717) is 12.5 Å². The zero-order valence-corrected chi connectivity index (χ0v) is 10.0.